The fourth-order valence-corrected chi connectivity index (χ4v) is 3.72. The van der Waals surface area contributed by atoms with Gasteiger partial charge in [0.15, 0.2) is 0 Å². The van der Waals surface area contributed by atoms with Crippen molar-refractivity contribution in [1.29, 1.82) is 0 Å². The number of nitrogens with zero attached hydrogens (tertiary/aromatic N) is 2. The van der Waals surface area contributed by atoms with Crippen LogP contribution in [-0.4, -0.2) is 16.5 Å². The Hall–Kier alpha value is -0.870. The Morgan fingerprint density at radius 2 is 2.11 bits per heavy atom. The number of hydrogen-bond donors (Lipinski definition) is 1. The molecule has 2 aromatic heterocycles. The molecule has 1 saturated carbocycles. The van der Waals surface area contributed by atoms with Crippen molar-refractivity contribution >= 4 is 39.0 Å². The van der Waals surface area contributed by atoms with Crippen molar-refractivity contribution in [3.05, 3.63) is 16.7 Å². The summed E-state index contributed by atoms with van der Waals surface area (Å²) in [5, 5.41) is 6.91. The van der Waals surface area contributed by atoms with Gasteiger partial charge in [-0.2, -0.15) is 0 Å². The van der Waals surface area contributed by atoms with E-state index >= 15 is 0 Å². The summed E-state index contributed by atoms with van der Waals surface area (Å²) >= 11 is 7.57. The Balaban J connectivity index is 1.69. The lowest BCUT2D eigenvalue weighted by atomic mass is 9.83. The Morgan fingerprint density at radius 3 is 2.89 bits per heavy atom. The van der Waals surface area contributed by atoms with Gasteiger partial charge in [0.2, 0.25) is 5.28 Å². The maximum atomic E-state index is 5.97. The molecule has 1 fully saturated rings. The van der Waals surface area contributed by atoms with Gasteiger partial charge in [-0.05, 0) is 47.7 Å². The number of aromatic nitrogens is 2. The van der Waals surface area contributed by atoms with E-state index < -0.39 is 0 Å². The first kappa shape index (κ1) is 13.1. The van der Waals surface area contributed by atoms with Crippen LogP contribution in [0.2, 0.25) is 5.28 Å². The molecular weight excluding hydrogens is 278 g/mol. The van der Waals surface area contributed by atoms with Crippen LogP contribution in [0.25, 0.3) is 10.2 Å². The number of rotatable bonds is 3. The molecule has 0 radical (unpaired) electrons. The van der Waals surface area contributed by atoms with Gasteiger partial charge in [0, 0.05) is 6.54 Å². The highest BCUT2D eigenvalue weighted by Gasteiger charge is 2.18. The van der Waals surface area contributed by atoms with Crippen LogP contribution in [0.5, 0.6) is 0 Å². The average Bonchev–Trinajstić information content (AvgIpc) is 2.85. The highest BCUT2D eigenvalue weighted by molar-refractivity contribution is 7.16. The van der Waals surface area contributed by atoms with Gasteiger partial charge < -0.3 is 5.32 Å². The molecular formula is C14H18ClN3S. The van der Waals surface area contributed by atoms with Crippen molar-refractivity contribution in [2.24, 2.45) is 11.8 Å². The maximum absolute atomic E-state index is 5.97. The third-order valence-corrected chi connectivity index (χ3v) is 4.97. The minimum absolute atomic E-state index is 0.328. The maximum Gasteiger partial charge on any atom is 0.225 e. The lowest BCUT2D eigenvalue weighted by Crippen LogP contribution is -2.20. The quantitative estimate of drug-likeness (QED) is 0.842. The lowest BCUT2D eigenvalue weighted by Gasteiger charge is -2.26. The van der Waals surface area contributed by atoms with Crippen molar-refractivity contribution < 1.29 is 0 Å². The van der Waals surface area contributed by atoms with Crippen molar-refractivity contribution in [1.82, 2.24) is 9.97 Å². The first-order chi connectivity index (χ1) is 9.22. The van der Waals surface area contributed by atoms with Crippen LogP contribution in [0, 0.1) is 11.8 Å². The number of hydrogen-bond acceptors (Lipinski definition) is 4. The molecule has 2 heterocycles. The molecule has 3 nitrogen and oxygen atoms in total. The topological polar surface area (TPSA) is 37.8 Å². The highest BCUT2D eigenvalue weighted by atomic mass is 35.5. The smallest absolute Gasteiger partial charge is 0.225 e. The Kier molecular flexibility index (Phi) is 3.89. The van der Waals surface area contributed by atoms with E-state index in [0.717, 1.165) is 34.4 Å². The summed E-state index contributed by atoms with van der Waals surface area (Å²) in [5.41, 5.74) is 0. The third-order valence-electron chi connectivity index (χ3n) is 3.99. The first-order valence-corrected chi connectivity index (χ1v) is 8.13. The second-order valence-electron chi connectivity index (χ2n) is 5.49. The molecule has 0 aliphatic heterocycles. The summed E-state index contributed by atoms with van der Waals surface area (Å²) in [6.45, 7) is 3.34. The van der Waals surface area contributed by atoms with Crippen molar-refractivity contribution in [3.63, 3.8) is 0 Å². The predicted octanol–water partition coefficient (Wildman–Crippen LogP) is 4.58. The predicted molar refractivity (Wildman–Crippen MR) is 82.0 cm³/mol. The average molecular weight is 296 g/mol. The molecule has 3 rings (SSSR count). The van der Waals surface area contributed by atoms with Gasteiger partial charge in [0.1, 0.15) is 10.6 Å². The number of nitrogens with one attached hydrogen (secondary N) is 1. The van der Waals surface area contributed by atoms with Gasteiger partial charge >= 0.3 is 0 Å². The summed E-state index contributed by atoms with van der Waals surface area (Å²) in [4.78, 5) is 9.51. The monoisotopic (exact) mass is 295 g/mol. The molecule has 0 unspecified atom stereocenters. The molecule has 2 aromatic rings. The zero-order valence-corrected chi connectivity index (χ0v) is 12.6. The Morgan fingerprint density at radius 1 is 1.32 bits per heavy atom. The molecule has 1 aliphatic carbocycles. The summed E-state index contributed by atoms with van der Waals surface area (Å²) in [7, 11) is 0. The van der Waals surface area contributed by atoms with Crippen LogP contribution < -0.4 is 5.32 Å². The van der Waals surface area contributed by atoms with Gasteiger partial charge in [-0.1, -0.05) is 19.8 Å². The summed E-state index contributed by atoms with van der Waals surface area (Å²) < 4.78 is 0. The molecule has 5 heteroatoms. The normalized spacial score (nSPS) is 23.7. The second kappa shape index (κ2) is 5.63. The fraction of sp³-hybridized carbons (Fsp3) is 0.571. The molecule has 0 amide bonds. The fourth-order valence-electron chi connectivity index (χ4n) is 2.74. The minimum Gasteiger partial charge on any atom is -0.369 e. The number of fused-ring (bicyclic) bond motifs is 1. The molecule has 0 bridgehead atoms. The van der Waals surface area contributed by atoms with Crippen molar-refractivity contribution in [2.75, 3.05) is 11.9 Å². The van der Waals surface area contributed by atoms with E-state index in [-0.39, 0.29) is 0 Å². The number of thiophene rings is 1. The third kappa shape index (κ3) is 3.00. The van der Waals surface area contributed by atoms with Crippen molar-refractivity contribution in [2.45, 2.75) is 32.6 Å². The van der Waals surface area contributed by atoms with Crippen LogP contribution in [-0.2, 0) is 0 Å². The Labute approximate surface area is 122 Å². The molecule has 0 aromatic carbocycles. The van der Waals surface area contributed by atoms with E-state index in [1.54, 1.807) is 11.3 Å². The van der Waals surface area contributed by atoms with Crippen LogP contribution in [0.3, 0.4) is 0 Å². The van der Waals surface area contributed by atoms with E-state index in [1.807, 2.05) is 5.38 Å². The largest absolute Gasteiger partial charge is 0.369 e. The van der Waals surface area contributed by atoms with Gasteiger partial charge in [0.05, 0.1) is 5.39 Å². The molecule has 0 atom stereocenters. The van der Waals surface area contributed by atoms with Crippen LogP contribution >= 0.6 is 22.9 Å². The molecule has 0 spiro atoms. The van der Waals surface area contributed by atoms with Gasteiger partial charge in [-0.15, -0.1) is 11.3 Å². The molecule has 1 aliphatic rings. The highest BCUT2D eigenvalue weighted by Crippen LogP contribution is 2.30. The minimum atomic E-state index is 0.328. The summed E-state index contributed by atoms with van der Waals surface area (Å²) in [6, 6.07) is 2.06. The van der Waals surface area contributed by atoms with Gasteiger partial charge in [-0.3, -0.25) is 0 Å². The summed E-state index contributed by atoms with van der Waals surface area (Å²) in [6.07, 6.45) is 5.34. The Bertz CT molecular complexity index is 561. The molecule has 102 valence electrons. The summed E-state index contributed by atoms with van der Waals surface area (Å²) in [5.74, 6) is 2.54. The second-order valence-corrected chi connectivity index (χ2v) is 6.72. The van der Waals surface area contributed by atoms with E-state index in [4.69, 9.17) is 11.6 Å². The molecule has 0 saturated heterocycles. The van der Waals surface area contributed by atoms with Gasteiger partial charge in [-0.25, -0.2) is 9.97 Å². The van der Waals surface area contributed by atoms with Crippen LogP contribution in [0.4, 0.5) is 5.82 Å². The SMILES string of the molecule is CC1CCC(CNc2nc(Cl)nc3sccc23)CC1. The van der Waals surface area contributed by atoms with E-state index in [2.05, 4.69) is 28.3 Å². The van der Waals surface area contributed by atoms with E-state index in [0.29, 0.717) is 5.28 Å². The van der Waals surface area contributed by atoms with Crippen LogP contribution in [0.15, 0.2) is 11.4 Å². The number of anilines is 1. The van der Waals surface area contributed by atoms with Crippen molar-refractivity contribution in [3.8, 4) is 0 Å². The van der Waals surface area contributed by atoms with Gasteiger partial charge in [0.25, 0.3) is 0 Å². The van der Waals surface area contributed by atoms with E-state index in [1.165, 1.54) is 25.7 Å². The molecule has 1 N–H and O–H groups in total. The standard InChI is InChI=1S/C14H18ClN3S/c1-9-2-4-10(5-3-9)8-16-12-11-6-7-19-13(11)18-14(15)17-12/h6-7,9-10H,2-5,8H2,1H3,(H,16,17,18). The lowest BCUT2D eigenvalue weighted by molar-refractivity contribution is 0.300. The van der Waals surface area contributed by atoms with Crippen LogP contribution in [0.1, 0.15) is 32.6 Å². The zero-order valence-electron chi connectivity index (χ0n) is 11.0. The zero-order chi connectivity index (χ0) is 13.2. The first-order valence-electron chi connectivity index (χ1n) is 6.87. The number of halogens is 1. The molecule has 19 heavy (non-hydrogen) atoms. The van der Waals surface area contributed by atoms with E-state index in [9.17, 15) is 0 Å².